The van der Waals surface area contributed by atoms with Crippen molar-refractivity contribution in [2.75, 3.05) is 13.2 Å². The van der Waals surface area contributed by atoms with E-state index >= 15 is 0 Å². The minimum absolute atomic E-state index is 0.0808. The van der Waals surface area contributed by atoms with E-state index in [0.29, 0.717) is 17.6 Å². The third-order valence-corrected chi connectivity index (χ3v) is 3.45. The summed E-state index contributed by atoms with van der Waals surface area (Å²) in [5.41, 5.74) is 0. The van der Waals surface area contributed by atoms with Crippen molar-refractivity contribution in [2.45, 2.75) is 25.7 Å². The maximum absolute atomic E-state index is 11.1. The maximum Gasteiger partial charge on any atom is 0.243 e. The van der Waals surface area contributed by atoms with Crippen molar-refractivity contribution in [3.63, 3.8) is 0 Å². The molecule has 1 rings (SSSR count). The van der Waals surface area contributed by atoms with Crippen LogP contribution in [0.1, 0.15) is 25.7 Å². The van der Waals surface area contributed by atoms with Gasteiger partial charge in [-0.1, -0.05) is 19.7 Å². The molecule has 0 spiro atoms. The first-order valence-electron chi connectivity index (χ1n) is 6.50. The molecule has 0 aromatic carbocycles. The molecule has 18 heavy (non-hydrogen) atoms. The SMILES string of the molecule is C=CC(=C)OCC1CCC(CNC(=O)C=C)CC1. The van der Waals surface area contributed by atoms with Crippen LogP contribution in [0.2, 0.25) is 0 Å². The second-order valence-electron chi connectivity index (χ2n) is 4.82. The van der Waals surface area contributed by atoms with Crippen molar-refractivity contribution in [2.24, 2.45) is 11.8 Å². The molecule has 0 heterocycles. The molecule has 1 N–H and O–H groups in total. The Hall–Kier alpha value is -1.51. The number of nitrogens with one attached hydrogen (secondary N) is 1. The van der Waals surface area contributed by atoms with Crippen LogP contribution < -0.4 is 5.32 Å². The highest BCUT2D eigenvalue weighted by atomic mass is 16.5. The van der Waals surface area contributed by atoms with E-state index in [1.807, 2.05) is 0 Å². The van der Waals surface area contributed by atoms with E-state index in [-0.39, 0.29) is 5.91 Å². The Balaban J connectivity index is 2.16. The molecule has 0 aromatic rings. The molecule has 0 radical (unpaired) electrons. The second kappa shape index (κ2) is 7.75. The highest BCUT2D eigenvalue weighted by molar-refractivity contribution is 5.86. The van der Waals surface area contributed by atoms with Crippen molar-refractivity contribution in [1.29, 1.82) is 0 Å². The van der Waals surface area contributed by atoms with Gasteiger partial charge in [0, 0.05) is 6.54 Å². The molecule has 0 aliphatic heterocycles. The van der Waals surface area contributed by atoms with E-state index in [0.717, 1.165) is 38.8 Å². The van der Waals surface area contributed by atoms with Crippen LogP contribution in [0, 0.1) is 11.8 Å². The Morgan fingerprint density at radius 1 is 1.17 bits per heavy atom. The molecular formula is C15H23NO2. The third kappa shape index (κ3) is 5.21. The average molecular weight is 249 g/mol. The van der Waals surface area contributed by atoms with Crippen LogP contribution in [-0.2, 0) is 9.53 Å². The number of hydrogen-bond acceptors (Lipinski definition) is 2. The summed E-state index contributed by atoms with van der Waals surface area (Å²) in [5, 5.41) is 2.86. The minimum Gasteiger partial charge on any atom is -0.494 e. The predicted octanol–water partition coefficient (Wildman–Crippen LogP) is 2.81. The molecule has 3 nitrogen and oxygen atoms in total. The Morgan fingerprint density at radius 3 is 2.33 bits per heavy atom. The zero-order chi connectivity index (χ0) is 13.4. The largest absolute Gasteiger partial charge is 0.494 e. The smallest absolute Gasteiger partial charge is 0.243 e. The van der Waals surface area contributed by atoms with E-state index < -0.39 is 0 Å². The van der Waals surface area contributed by atoms with Gasteiger partial charge in [0.25, 0.3) is 0 Å². The Kier molecular flexibility index (Phi) is 6.26. The highest BCUT2D eigenvalue weighted by Crippen LogP contribution is 2.28. The van der Waals surface area contributed by atoms with Gasteiger partial charge in [0.1, 0.15) is 5.76 Å². The number of hydrogen-bond donors (Lipinski definition) is 1. The maximum atomic E-state index is 11.1. The number of carbonyl (C=O) groups is 1. The van der Waals surface area contributed by atoms with Gasteiger partial charge < -0.3 is 10.1 Å². The number of ether oxygens (including phenoxy) is 1. The minimum atomic E-state index is -0.0808. The number of amides is 1. The van der Waals surface area contributed by atoms with Crippen LogP contribution in [0.5, 0.6) is 0 Å². The molecule has 0 aromatic heterocycles. The molecule has 0 bridgehead atoms. The fourth-order valence-electron chi connectivity index (χ4n) is 2.20. The number of rotatable bonds is 7. The Labute approximate surface area is 110 Å². The molecular weight excluding hydrogens is 226 g/mol. The number of carbonyl (C=O) groups excluding carboxylic acids is 1. The summed E-state index contributed by atoms with van der Waals surface area (Å²) in [6.07, 6.45) is 7.55. The average Bonchev–Trinajstić information content (AvgIpc) is 2.43. The standard InChI is InChI=1S/C15H23NO2/c1-4-12(3)18-11-14-8-6-13(7-9-14)10-16-15(17)5-2/h4-5,13-14H,1-3,6-11H2,(H,16,17). The van der Waals surface area contributed by atoms with Gasteiger partial charge in [-0.3, -0.25) is 4.79 Å². The van der Waals surface area contributed by atoms with Gasteiger partial charge in [0.15, 0.2) is 0 Å². The summed E-state index contributed by atoms with van der Waals surface area (Å²) in [6.45, 7) is 12.3. The topological polar surface area (TPSA) is 38.3 Å². The summed E-state index contributed by atoms with van der Waals surface area (Å²) in [7, 11) is 0. The molecule has 0 atom stereocenters. The van der Waals surface area contributed by atoms with Crippen LogP contribution in [0.25, 0.3) is 0 Å². The lowest BCUT2D eigenvalue weighted by Gasteiger charge is -2.28. The van der Waals surface area contributed by atoms with Gasteiger partial charge in [-0.05, 0) is 49.7 Å². The molecule has 1 aliphatic carbocycles. The summed E-state index contributed by atoms with van der Waals surface area (Å²) in [5.74, 6) is 1.76. The molecule has 1 saturated carbocycles. The molecule has 1 amide bonds. The summed E-state index contributed by atoms with van der Waals surface area (Å²) in [6, 6.07) is 0. The quantitative estimate of drug-likeness (QED) is 0.428. The van der Waals surface area contributed by atoms with Crippen molar-refractivity contribution in [3.8, 4) is 0 Å². The monoisotopic (exact) mass is 249 g/mol. The predicted molar refractivity (Wildman–Crippen MR) is 73.9 cm³/mol. The van der Waals surface area contributed by atoms with Gasteiger partial charge in [-0.25, -0.2) is 0 Å². The van der Waals surface area contributed by atoms with Gasteiger partial charge in [0.05, 0.1) is 6.61 Å². The first-order chi connectivity index (χ1) is 8.65. The van der Waals surface area contributed by atoms with E-state index in [4.69, 9.17) is 4.74 Å². The van der Waals surface area contributed by atoms with Gasteiger partial charge >= 0.3 is 0 Å². The van der Waals surface area contributed by atoms with Gasteiger partial charge in [-0.15, -0.1) is 0 Å². The van der Waals surface area contributed by atoms with Gasteiger partial charge in [-0.2, -0.15) is 0 Å². The lowest BCUT2D eigenvalue weighted by atomic mass is 9.82. The first kappa shape index (κ1) is 14.6. The summed E-state index contributed by atoms with van der Waals surface area (Å²) < 4.78 is 5.49. The normalized spacial score (nSPS) is 22.9. The van der Waals surface area contributed by atoms with E-state index in [2.05, 4.69) is 25.1 Å². The fourth-order valence-corrected chi connectivity index (χ4v) is 2.20. The van der Waals surface area contributed by atoms with Crippen molar-refractivity contribution in [3.05, 3.63) is 37.6 Å². The van der Waals surface area contributed by atoms with E-state index in [1.54, 1.807) is 6.08 Å². The second-order valence-corrected chi connectivity index (χ2v) is 4.82. The zero-order valence-electron chi connectivity index (χ0n) is 11.0. The van der Waals surface area contributed by atoms with Crippen LogP contribution >= 0.6 is 0 Å². The van der Waals surface area contributed by atoms with Crippen molar-refractivity contribution < 1.29 is 9.53 Å². The molecule has 0 unspecified atom stereocenters. The molecule has 0 saturated heterocycles. The van der Waals surface area contributed by atoms with E-state index in [1.165, 1.54) is 6.08 Å². The molecule has 100 valence electrons. The molecule has 1 aliphatic rings. The third-order valence-electron chi connectivity index (χ3n) is 3.45. The van der Waals surface area contributed by atoms with Crippen molar-refractivity contribution >= 4 is 5.91 Å². The Morgan fingerprint density at radius 2 is 1.78 bits per heavy atom. The van der Waals surface area contributed by atoms with Crippen LogP contribution in [0.15, 0.2) is 37.6 Å². The summed E-state index contributed by atoms with van der Waals surface area (Å²) >= 11 is 0. The van der Waals surface area contributed by atoms with Crippen LogP contribution in [0.3, 0.4) is 0 Å². The fraction of sp³-hybridized carbons (Fsp3) is 0.533. The summed E-state index contributed by atoms with van der Waals surface area (Å²) in [4.78, 5) is 11.1. The number of allylic oxidation sites excluding steroid dienone is 1. The molecule has 1 fully saturated rings. The first-order valence-corrected chi connectivity index (χ1v) is 6.50. The molecule has 3 heteroatoms. The lowest BCUT2D eigenvalue weighted by molar-refractivity contribution is -0.116. The highest BCUT2D eigenvalue weighted by Gasteiger charge is 2.21. The van der Waals surface area contributed by atoms with Crippen LogP contribution in [0.4, 0.5) is 0 Å². The lowest BCUT2D eigenvalue weighted by Crippen LogP contribution is -2.30. The Bertz CT molecular complexity index is 282. The van der Waals surface area contributed by atoms with Crippen molar-refractivity contribution in [1.82, 2.24) is 5.32 Å². The van der Waals surface area contributed by atoms with E-state index in [9.17, 15) is 4.79 Å². The van der Waals surface area contributed by atoms with Gasteiger partial charge in [0.2, 0.25) is 5.91 Å². The van der Waals surface area contributed by atoms with Crippen LogP contribution in [-0.4, -0.2) is 19.1 Å². The zero-order valence-corrected chi connectivity index (χ0v) is 11.0.